The van der Waals surface area contributed by atoms with Crippen molar-refractivity contribution in [3.8, 4) is 5.75 Å². The molecule has 9 heteroatoms. The molecule has 0 unspecified atom stereocenters. The van der Waals surface area contributed by atoms with E-state index in [1.807, 2.05) is 28.8 Å². The monoisotopic (exact) mass is 431 g/mol. The van der Waals surface area contributed by atoms with E-state index < -0.39 is 6.03 Å². The van der Waals surface area contributed by atoms with Crippen LogP contribution in [-0.4, -0.2) is 38.5 Å². The van der Waals surface area contributed by atoms with Gasteiger partial charge in [0.25, 0.3) is 0 Å². The van der Waals surface area contributed by atoms with Gasteiger partial charge in [-0.05, 0) is 42.9 Å². The number of carbonyl (C=O) groups excluding carboxylic acids is 2. The third kappa shape index (κ3) is 6.76. The summed E-state index contributed by atoms with van der Waals surface area (Å²) in [6.45, 7) is 7.34. The van der Waals surface area contributed by atoms with Crippen molar-refractivity contribution in [3.63, 3.8) is 0 Å². The predicted octanol–water partition coefficient (Wildman–Crippen LogP) is 3.16. The van der Waals surface area contributed by atoms with Gasteiger partial charge in [0.1, 0.15) is 12.4 Å². The summed E-state index contributed by atoms with van der Waals surface area (Å²) in [5.74, 6) is 1.60. The molecule has 1 aliphatic carbocycles. The highest BCUT2D eigenvalue weighted by Gasteiger charge is 2.24. The van der Waals surface area contributed by atoms with Crippen LogP contribution in [-0.2, 0) is 24.4 Å². The number of nitrogens with zero attached hydrogens (tertiary/aromatic N) is 3. The molecule has 1 fully saturated rings. The van der Waals surface area contributed by atoms with Crippen LogP contribution in [0.4, 0.5) is 4.79 Å². The Bertz CT molecular complexity index is 862. The number of urea groups is 1. The molecule has 162 valence electrons. The molecule has 8 nitrogen and oxygen atoms in total. The Morgan fingerprint density at radius 3 is 2.60 bits per heavy atom. The highest BCUT2D eigenvalue weighted by molar-refractivity contribution is 7.99. The van der Waals surface area contributed by atoms with E-state index in [0.29, 0.717) is 30.1 Å². The van der Waals surface area contributed by atoms with Gasteiger partial charge < -0.3 is 14.6 Å². The van der Waals surface area contributed by atoms with E-state index in [0.717, 1.165) is 25.0 Å². The van der Waals surface area contributed by atoms with Crippen molar-refractivity contribution in [2.24, 2.45) is 5.92 Å². The van der Waals surface area contributed by atoms with Crippen LogP contribution in [0.3, 0.4) is 0 Å². The van der Waals surface area contributed by atoms with Crippen molar-refractivity contribution in [1.29, 1.82) is 0 Å². The lowest BCUT2D eigenvalue weighted by molar-refractivity contribution is -0.117. The summed E-state index contributed by atoms with van der Waals surface area (Å²) in [7, 11) is 0. The van der Waals surface area contributed by atoms with Gasteiger partial charge in [-0.2, -0.15) is 0 Å². The van der Waals surface area contributed by atoms with Crippen molar-refractivity contribution in [3.05, 3.63) is 35.7 Å². The van der Waals surface area contributed by atoms with E-state index in [4.69, 9.17) is 4.74 Å². The molecule has 0 saturated heterocycles. The second-order valence-electron chi connectivity index (χ2n) is 7.77. The number of ether oxygens (including phenoxy) is 1. The van der Waals surface area contributed by atoms with Crippen LogP contribution in [0.25, 0.3) is 0 Å². The molecule has 1 aliphatic rings. The fraction of sp³-hybridized carbons (Fsp3) is 0.524. The molecule has 1 aromatic heterocycles. The van der Waals surface area contributed by atoms with E-state index in [9.17, 15) is 9.59 Å². The Balaban J connectivity index is 1.57. The minimum Gasteiger partial charge on any atom is -0.486 e. The second kappa shape index (κ2) is 10.5. The molecule has 1 heterocycles. The first-order chi connectivity index (χ1) is 14.4. The van der Waals surface area contributed by atoms with Gasteiger partial charge in [-0.1, -0.05) is 44.7 Å². The minimum absolute atomic E-state index is 0.0909. The second-order valence-corrected chi connectivity index (χ2v) is 8.72. The van der Waals surface area contributed by atoms with Gasteiger partial charge in [0.05, 0.1) is 5.75 Å². The lowest BCUT2D eigenvalue weighted by Crippen LogP contribution is -2.41. The standard InChI is InChI=1S/C21H29N5O3S/c1-4-15-5-9-17(10-6-15)29-12-18-24-25-21(26(18)11-14(2)3)30-13-19(27)23-20(28)22-16-7-8-16/h5-6,9-10,14,16H,4,7-8,11-13H2,1-3H3,(H2,22,23,27,28). The van der Waals surface area contributed by atoms with Crippen molar-refractivity contribution < 1.29 is 14.3 Å². The number of benzene rings is 1. The Kier molecular flexibility index (Phi) is 7.73. The van der Waals surface area contributed by atoms with Crippen LogP contribution >= 0.6 is 11.8 Å². The highest BCUT2D eigenvalue weighted by Crippen LogP contribution is 2.21. The van der Waals surface area contributed by atoms with E-state index in [1.165, 1.54) is 17.3 Å². The normalized spacial score (nSPS) is 13.3. The van der Waals surface area contributed by atoms with Crippen LogP contribution in [0.2, 0.25) is 0 Å². The summed E-state index contributed by atoms with van der Waals surface area (Å²) in [5, 5.41) is 14.2. The maximum Gasteiger partial charge on any atom is 0.321 e. The molecule has 30 heavy (non-hydrogen) atoms. The number of thioether (sulfide) groups is 1. The maximum atomic E-state index is 12.1. The number of hydrogen-bond acceptors (Lipinski definition) is 6. The number of aromatic nitrogens is 3. The Hall–Kier alpha value is -2.55. The number of hydrogen-bond donors (Lipinski definition) is 2. The molecule has 0 radical (unpaired) electrons. The van der Waals surface area contributed by atoms with Gasteiger partial charge >= 0.3 is 6.03 Å². The molecule has 3 rings (SSSR count). The van der Waals surface area contributed by atoms with Crippen molar-refractivity contribution >= 4 is 23.7 Å². The molecule has 2 N–H and O–H groups in total. The Morgan fingerprint density at radius 1 is 1.23 bits per heavy atom. The summed E-state index contributed by atoms with van der Waals surface area (Å²) >= 11 is 1.26. The molecular weight excluding hydrogens is 402 g/mol. The lowest BCUT2D eigenvalue weighted by atomic mass is 10.2. The quantitative estimate of drug-likeness (QED) is 0.561. The number of nitrogens with one attached hydrogen (secondary N) is 2. The van der Waals surface area contributed by atoms with E-state index in [-0.39, 0.29) is 17.7 Å². The zero-order chi connectivity index (χ0) is 21.5. The maximum absolute atomic E-state index is 12.1. The highest BCUT2D eigenvalue weighted by atomic mass is 32.2. The van der Waals surface area contributed by atoms with Crippen LogP contribution < -0.4 is 15.4 Å². The Morgan fingerprint density at radius 2 is 1.97 bits per heavy atom. The molecule has 0 aliphatic heterocycles. The zero-order valence-electron chi connectivity index (χ0n) is 17.7. The van der Waals surface area contributed by atoms with Gasteiger partial charge in [0.15, 0.2) is 11.0 Å². The smallest absolute Gasteiger partial charge is 0.321 e. The molecule has 3 amide bonds. The van der Waals surface area contributed by atoms with Crippen LogP contribution in [0, 0.1) is 5.92 Å². The fourth-order valence-electron chi connectivity index (χ4n) is 2.79. The van der Waals surface area contributed by atoms with Gasteiger partial charge in [-0.15, -0.1) is 10.2 Å². The summed E-state index contributed by atoms with van der Waals surface area (Å²) in [4.78, 5) is 23.7. The number of carbonyl (C=O) groups is 2. The van der Waals surface area contributed by atoms with Gasteiger partial charge in [0.2, 0.25) is 5.91 Å². The lowest BCUT2D eigenvalue weighted by Gasteiger charge is -2.13. The largest absolute Gasteiger partial charge is 0.486 e. The third-order valence-electron chi connectivity index (χ3n) is 4.54. The number of rotatable bonds is 10. The van der Waals surface area contributed by atoms with Gasteiger partial charge in [-0.25, -0.2) is 4.79 Å². The molecule has 1 saturated carbocycles. The first-order valence-corrected chi connectivity index (χ1v) is 11.3. The fourth-order valence-corrected chi connectivity index (χ4v) is 3.56. The molecule has 0 bridgehead atoms. The van der Waals surface area contributed by atoms with E-state index in [1.54, 1.807) is 0 Å². The SMILES string of the molecule is CCc1ccc(OCc2nnc(SCC(=O)NC(=O)NC3CC3)n2CC(C)C)cc1. The first kappa shape index (κ1) is 22.1. The summed E-state index contributed by atoms with van der Waals surface area (Å²) in [6.07, 6.45) is 2.93. The van der Waals surface area contributed by atoms with E-state index in [2.05, 4.69) is 41.6 Å². The topological polar surface area (TPSA) is 98.1 Å². The van der Waals surface area contributed by atoms with Crippen molar-refractivity contribution in [2.45, 2.75) is 64.4 Å². The number of imide groups is 1. The number of amides is 3. The summed E-state index contributed by atoms with van der Waals surface area (Å²) in [6, 6.07) is 7.78. The first-order valence-electron chi connectivity index (χ1n) is 10.3. The average Bonchev–Trinajstić information content (AvgIpc) is 3.45. The molecular formula is C21H29N5O3S. The number of aryl methyl sites for hydroxylation is 1. The molecule has 0 atom stereocenters. The Labute approximate surface area is 181 Å². The average molecular weight is 432 g/mol. The summed E-state index contributed by atoms with van der Waals surface area (Å²) < 4.78 is 7.86. The zero-order valence-corrected chi connectivity index (χ0v) is 18.5. The molecule has 0 spiro atoms. The molecule has 1 aromatic carbocycles. The summed E-state index contributed by atoms with van der Waals surface area (Å²) in [5.41, 5.74) is 1.26. The van der Waals surface area contributed by atoms with Crippen molar-refractivity contribution in [2.75, 3.05) is 5.75 Å². The van der Waals surface area contributed by atoms with E-state index >= 15 is 0 Å². The van der Waals surface area contributed by atoms with Crippen LogP contribution in [0.15, 0.2) is 29.4 Å². The minimum atomic E-state index is -0.435. The predicted molar refractivity (Wildman–Crippen MR) is 115 cm³/mol. The van der Waals surface area contributed by atoms with Crippen LogP contribution in [0.1, 0.15) is 45.0 Å². The molecule has 2 aromatic rings. The van der Waals surface area contributed by atoms with Crippen LogP contribution in [0.5, 0.6) is 5.75 Å². The van der Waals surface area contributed by atoms with Gasteiger partial charge in [-0.3, -0.25) is 10.1 Å². The van der Waals surface area contributed by atoms with Crippen molar-refractivity contribution in [1.82, 2.24) is 25.4 Å². The third-order valence-corrected chi connectivity index (χ3v) is 5.51. The van der Waals surface area contributed by atoms with Gasteiger partial charge in [0, 0.05) is 12.6 Å².